The smallest absolute Gasteiger partial charge is 0.312 e. The molecule has 0 aliphatic rings. The number of aromatic nitrogens is 1. The number of thiazole rings is 1. The molecule has 134 valence electrons. The fourth-order valence-electron chi connectivity index (χ4n) is 1.99. The Morgan fingerprint density at radius 2 is 2.12 bits per heavy atom. The van der Waals surface area contributed by atoms with Gasteiger partial charge in [-0.2, -0.15) is 0 Å². The largest absolute Gasteiger partial charge is 0.455 e. The number of esters is 1. The lowest BCUT2D eigenvalue weighted by Crippen LogP contribution is -2.44. The molecule has 7 heteroatoms. The van der Waals surface area contributed by atoms with E-state index in [1.165, 1.54) is 11.3 Å². The van der Waals surface area contributed by atoms with E-state index in [9.17, 15) is 9.59 Å². The molecule has 0 saturated carbocycles. The Morgan fingerprint density at radius 3 is 2.80 bits per heavy atom. The van der Waals surface area contributed by atoms with Crippen LogP contribution >= 0.6 is 22.9 Å². The van der Waals surface area contributed by atoms with Gasteiger partial charge in [-0.15, -0.1) is 11.3 Å². The molecule has 5 nitrogen and oxygen atoms in total. The molecule has 0 unspecified atom stereocenters. The van der Waals surface area contributed by atoms with E-state index in [1.807, 2.05) is 39.0 Å². The average Bonchev–Trinajstić information content (AvgIpc) is 3.01. The Balaban J connectivity index is 1.86. The second-order valence-corrected chi connectivity index (χ2v) is 7.57. The van der Waals surface area contributed by atoms with Crippen molar-refractivity contribution in [3.8, 4) is 10.6 Å². The quantitative estimate of drug-likeness (QED) is 0.740. The number of carbonyl (C=O) groups excluding carboxylic acids is 2. The molecule has 0 bridgehead atoms. The van der Waals surface area contributed by atoms with Gasteiger partial charge in [0.25, 0.3) is 5.91 Å². The van der Waals surface area contributed by atoms with E-state index in [2.05, 4.69) is 10.3 Å². The van der Waals surface area contributed by atoms with Crippen LogP contribution in [0.5, 0.6) is 0 Å². The number of ether oxygens (including phenoxy) is 1. The Bertz CT molecular complexity index is 758. The predicted molar refractivity (Wildman–Crippen MR) is 99.7 cm³/mol. The molecule has 0 atom stereocenters. The number of nitrogens with one attached hydrogen (secondary N) is 1. The minimum atomic E-state index is -0.479. The van der Waals surface area contributed by atoms with Crippen molar-refractivity contribution >= 4 is 34.8 Å². The van der Waals surface area contributed by atoms with Crippen LogP contribution in [0.1, 0.15) is 32.9 Å². The van der Waals surface area contributed by atoms with Gasteiger partial charge in [-0.25, -0.2) is 4.98 Å². The number of benzene rings is 1. The molecule has 1 aromatic heterocycles. The van der Waals surface area contributed by atoms with Gasteiger partial charge in [-0.05, 0) is 32.4 Å². The lowest BCUT2D eigenvalue weighted by Gasteiger charge is -2.24. The fourth-order valence-corrected chi connectivity index (χ4v) is 3.00. The number of hydrogen-bond donors (Lipinski definition) is 1. The summed E-state index contributed by atoms with van der Waals surface area (Å²) in [7, 11) is 0. The number of rotatable bonds is 7. The monoisotopic (exact) mass is 380 g/mol. The zero-order valence-corrected chi connectivity index (χ0v) is 16.0. The third kappa shape index (κ3) is 6.14. The summed E-state index contributed by atoms with van der Waals surface area (Å²) in [6.07, 6.45) is 0.819. The summed E-state index contributed by atoms with van der Waals surface area (Å²) in [6, 6.07) is 7.38. The van der Waals surface area contributed by atoms with Crippen molar-refractivity contribution in [2.75, 3.05) is 6.61 Å². The molecule has 1 N–H and O–H groups in total. The fraction of sp³-hybridized carbons (Fsp3) is 0.389. The van der Waals surface area contributed by atoms with E-state index in [0.717, 1.165) is 17.0 Å². The van der Waals surface area contributed by atoms with E-state index < -0.39 is 5.97 Å². The molecule has 0 radical (unpaired) electrons. The standard InChI is InChI=1S/C18H21ClN2O3S/c1-4-18(2,3)21-15(22)10-24-16(23)9-14-11-25-17(20-14)12-6-5-7-13(19)8-12/h5-8,11H,4,9-10H2,1-3H3,(H,21,22). The highest BCUT2D eigenvalue weighted by Gasteiger charge is 2.19. The second kappa shape index (κ2) is 8.45. The van der Waals surface area contributed by atoms with Crippen LogP contribution in [0.4, 0.5) is 0 Å². The highest BCUT2D eigenvalue weighted by Crippen LogP contribution is 2.26. The molecular weight excluding hydrogens is 360 g/mol. The van der Waals surface area contributed by atoms with Gasteiger partial charge in [0.15, 0.2) is 6.61 Å². The minimum Gasteiger partial charge on any atom is -0.455 e. The molecule has 0 spiro atoms. The predicted octanol–water partition coefficient (Wildman–Crippen LogP) is 3.85. The van der Waals surface area contributed by atoms with Crippen molar-refractivity contribution in [1.82, 2.24) is 10.3 Å². The first-order valence-electron chi connectivity index (χ1n) is 7.96. The summed E-state index contributed by atoms with van der Waals surface area (Å²) >= 11 is 7.41. The van der Waals surface area contributed by atoms with Crippen molar-refractivity contribution in [2.45, 2.75) is 39.2 Å². The first kappa shape index (κ1) is 19.4. The summed E-state index contributed by atoms with van der Waals surface area (Å²) in [5.74, 6) is -0.787. The van der Waals surface area contributed by atoms with E-state index in [-0.39, 0.29) is 24.5 Å². The van der Waals surface area contributed by atoms with E-state index in [4.69, 9.17) is 16.3 Å². The maximum atomic E-state index is 11.9. The summed E-state index contributed by atoms with van der Waals surface area (Å²) in [5, 5.41) is 6.04. The highest BCUT2D eigenvalue weighted by molar-refractivity contribution is 7.13. The molecule has 0 aliphatic carbocycles. The lowest BCUT2D eigenvalue weighted by molar-refractivity contribution is -0.148. The molecule has 0 saturated heterocycles. The van der Waals surface area contributed by atoms with Gasteiger partial charge in [0.2, 0.25) is 0 Å². The molecule has 1 aromatic carbocycles. The zero-order valence-electron chi connectivity index (χ0n) is 14.5. The molecule has 1 heterocycles. The number of carbonyl (C=O) groups is 2. The van der Waals surface area contributed by atoms with Crippen molar-refractivity contribution in [3.63, 3.8) is 0 Å². The third-order valence-corrected chi connectivity index (χ3v) is 4.85. The molecular formula is C18H21ClN2O3S. The summed E-state index contributed by atoms with van der Waals surface area (Å²) in [6.45, 7) is 5.53. The van der Waals surface area contributed by atoms with E-state index in [1.54, 1.807) is 11.4 Å². The topological polar surface area (TPSA) is 68.3 Å². The molecule has 0 fully saturated rings. The Hall–Kier alpha value is -1.92. The number of hydrogen-bond acceptors (Lipinski definition) is 5. The summed E-state index contributed by atoms with van der Waals surface area (Å²) < 4.78 is 5.02. The van der Waals surface area contributed by atoms with Crippen LogP contribution in [0.3, 0.4) is 0 Å². The van der Waals surface area contributed by atoms with Crippen LogP contribution in [0.2, 0.25) is 5.02 Å². The molecule has 2 aromatic rings. The summed E-state index contributed by atoms with van der Waals surface area (Å²) in [5.41, 5.74) is 1.20. The van der Waals surface area contributed by atoms with Crippen LogP contribution in [-0.4, -0.2) is 29.0 Å². The van der Waals surface area contributed by atoms with Crippen LogP contribution in [0, 0.1) is 0 Å². The lowest BCUT2D eigenvalue weighted by atomic mass is 10.0. The van der Waals surface area contributed by atoms with Gasteiger partial charge in [0.1, 0.15) is 5.01 Å². The van der Waals surface area contributed by atoms with Gasteiger partial charge >= 0.3 is 5.97 Å². The normalized spacial score (nSPS) is 11.2. The summed E-state index contributed by atoms with van der Waals surface area (Å²) in [4.78, 5) is 28.1. The van der Waals surface area contributed by atoms with Crippen LogP contribution in [0.25, 0.3) is 10.6 Å². The Morgan fingerprint density at radius 1 is 1.36 bits per heavy atom. The first-order chi connectivity index (χ1) is 11.8. The third-order valence-electron chi connectivity index (χ3n) is 3.67. The SMILES string of the molecule is CCC(C)(C)NC(=O)COC(=O)Cc1csc(-c2cccc(Cl)c2)n1. The number of halogens is 1. The Kier molecular flexibility index (Phi) is 6.56. The Labute approximate surface area is 156 Å². The second-order valence-electron chi connectivity index (χ2n) is 6.28. The molecule has 25 heavy (non-hydrogen) atoms. The minimum absolute atomic E-state index is 0.0293. The highest BCUT2D eigenvalue weighted by atomic mass is 35.5. The van der Waals surface area contributed by atoms with Crippen molar-refractivity contribution in [2.24, 2.45) is 0 Å². The van der Waals surface area contributed by atoms with Crippen LogP contribution < -0.4 is 5.32 Å². The number of amides is 1. The zero-order chi connectivity index (χ0) is 18.4. The maximum absolute atomic E-state index is 11.9. The van der Waals surface area contributed by atoms with E-state index in [0.29, 0.717) is 10.7 Å². The van der Waals surface area contributed by atoms with Gasteiger partial charge in [-0.3, -0.25) is 9.59 Å². The van der Waals surface area contributed by atoms with Crippen molar-refractivity contribution < 1.29 is 14.3 Å². The first-order valence-corrected chi connectivity index (χ1v) is 9.22. The maximum Gasteiger partial charge on any atom is 0.312 e. The van der Waals surface area contributed by atoms with Gasteiger partial charge in [-0.1, -0.05) is 30.7 Å². The molecule has 0 aliphatic heterocycles. The van der Waals surface area contributed by atoms with Gasteiger partial charge in [0, 0.05) is 21.5 Å². The van der Waals surface area contributed by atoms with Crippen LogP contribution in [-0.2, 0) is 20.7 Å². The molecule has 2 rings (SSSR count). The van der Waals surface area contributed by atoms with Gasteiger partial charge in [0.05, 0.1) is 12.1 Å². The van der Waals surface area contributed by atoms with Gasteiger partial charge < -0.3 is 10.1 Å². The average molecular weight is 381 g/mol. The van der Waals surface area contributed by atoms with E-state index >= 15 is 0 Å². The number of nitrogens with zero attached hydrogens (tertiary/aromatic N) is 1. The molecule has 1 amide bonds. The van der Waals surface area contributed by atoms with Crippen molar-refractivity contribution in [3.05, 3.63) is 40.4 Å². The van der Waals surface area contributed by atoms with Crippen molar-refractivity contribution in [1.29, 1.82) is 0 Å². The van der Waals surface area contributed by atoms with Crippen LogP contribution in [0.15, 0.2) is 29.6 Å².